The van der Waals surface area contributed by atoms with E-state index in [0.717, 1.165) is 6.42 Å². The van der Waals surface area contributed by atoms with Crippen LogP contribution in [0, 0.1) is 5.41 Å². The zero-order valence-electron chi connectivity index (χ0n) is 15.9. The highest BCUT2D eigenvalue weighted by atomic mass is 16.5. The topological polar surface area (TPSA) is 107 Å². The van der Waals surface area contributed by atoms with Crippen LogP contribution in [0.1, 0.15) is 44.0 Å². The molecule has 1 saturated heterocycles. The summed E-state index contributed by atoms with van der Waals surface area (Å²) in [5.41, 5.74) is -1.82. The summed E-state index contributed by atoms with van der Waals surface area (Å²) < 4.78 is 16.6. The third-order valence-electron chi connectivity index (χ3n) is 5.63. The molecule has 1 aromatic heterocycles. The van der Waals surface area contributed by atoms with E-state index in [1.54, 1.807) is 13.8 Å². The first kappa shape index (κ1) is 19.6. The standard InChI is InChI=1S/C19H26N2O6/c1-4-26-14-10-19(17(23)24,18(14,2)3)21-16(22)12-5-7-20-15(9-12)27-13-6-8-25-11-13/h5,7,9,13-14H,4,6,8,10-11H2,1-3H3,(H,21,22)(H,23,24). The van der Waals surface area contributed by atoms with E-state index in [-0.39, 0.29) is 18.6 Å². The average Bonchev–Trinajstić information content (AvgIpc) is 3.13. The quantitative estimate of drug-likeness (QED) is 0.743. The number of carboxylic acids is 1. The lowest BCUT2D eigenvalue weighted by Gasteiger charge is -2.58. The minimum atomic E-state index is -1.38. The van der Waals surface area contributed by atoms with Gasteiger partial charge in [0.1, 0.15) is 11.6 Å². The van der Waals surface area contributed by atoms with Crippen LogP contribution in [0.25, 0.3) is 0 Å². The van der Waals surface area contributed by atoms with Crippen molar-refractivity contribution in [2.24, 2.45) is 5.41 Å². The molecule has 8 heteroatoms. The van der Waals surface area contributed by atoms with Gasteiger partial charge in [-0.1, -0.05) is 13.8 Å². The number of hydrogen-bond acceptors (Lipinski definition) is 6. The highest BCUT2D eigenvalue weighted by molar-refractivity contribution is 5.98. The second-order valence-electron chi connectivity index (χ2n) is 7.52. The van der Waals surface area contributed by atoms with Gasteiger partial charge in [0.2, 0.25) is 5.88 Å². The molecule has 27 heavy (non-hydrogen) atoms. The lowest BCUT2D eigenvalue weighted by molar-refractivity contribution is -0.190. The molecule has 1 saturated carbocycles. The number of aromatic nitrogens is 1. The van der Waals surface area contributed by atoms with Crippen molar-refractivity contribution in [1.29, 1.82) is 0 Å². The SMILES string of the molecule is CCOC1CC(NC(=O)c2ccnc(OC3CCOC3)c2)(C(=O)O)C1(C)C. The van der Waals surface area contributed by atoms with Crippen LogP contribution in [0.5, 0.6) is 5.88 Å². The first-order chi connectivity index (χ1) is 12.8. The fourth-order valence-electron chi connectivity index (χ4n) is 3.69. The first-order valence-corrected chi connectivity index (χ1v) is 9.18. The van der Waals surface area contributed by atoms with Gasteiger partial charge in [-0.15, -0.1) is 0 Å². The fourth-order valence-corrected chi connectivity index (χ4v) is 3.69. The van der Waals surface area contributed by atoms with Crippen molar-refractivity contribution in [2.45, 2.75) is 51.4 Å². The van der Waals surface area contributed by atoms with Crippen LogP contribution in [0.2, 0.25) is 0 Å². The Bertz CT molecular complexity index is 716. The lowest BCUT2D eigenvalue weighted by Crippen LogP contribution is -2.76. The number of amides is 1. The normalized spacial score (nSPS) is 29.0. The van der Waals surface area contributed by atoms with Crippen molar-refractivity contribution in [3.05, 3.63) is 23.9 Å². The van der Waals surface area contributed by atoms with Crippen LogP contribution in [0.3, 0.4) is 0 Å². The van der Waals surface area contributed by atoms with Gasteiger partial charge in [0.15, 0.2) is 0 Å². The molecule has 3 unspecified atom stereocenters. The van der Waals surface area contributed by atoms with Crippen LogP contribution in [-0.4, -0.2) is 59.5 Å². The highest BCUT2D eigenvalue weighted by Crippen LogP contribution is 2.51. The van der Waals surface area contributed by atoms with E-state index in [0.29, 0.717) is 31.3 Å². The molecule has 1 aliphatic carbocycles. The summed E-state index contributed by atoms with van der Waals surface area (Å²) in [6.45, 7) is 7.09. The number of rotatable bonds is 7. The molecule has 0 spiro atoms. The van der Waals surface area contributed by atoms with Gasteiger partial charge in [-0.2, -0.15) is 0 Å². The van der Waals surface area contributed by atoms with Gasteiger partial charge in [-0.05, 0) is 13.0 Å². The molecule has 2 fully saturated rings. The number of nitrogens with one attached hydrogen (secondary N) is 1. The Morgan fingerprint density at radius 3 is 2.81 bits per heavy atom. The predicted molar refractivity (Wildman–Crippen MR) is 95.7 cm³/mol. The fraction of sp³-hybridized carbons (Fsp3) is 0.632. The number of nitrogens with zero attached hydrogens (tertiary/aromatic N) is 1. The number of carboxylic acid groups (broad SMARTS) is 1. The summed E-state index contributed by atoms with van der Waals surface area (Å²) in [6.07, 6.45) is 2.16. The maximum Gasteiger partial charge on any atom is 0.330 e. The predicted octanol–water partition coefficient (Wildman–Crippen LogP) is 1.64. The van der Waals surface area contributed by atoms with E-state index in [4.69, 9.17) is 14.2 Å². The molecule has 148 valence electrons. The number of aliphatic carboxylic acids is 1. The van der Waals surface area contributed by atoms with Crippen molar-refractivity contribution < 1.29 is 28.9 Å². The Hall–Kier alpha value is -2.19. The van der Waals surface area contributed by atoms with E-state index < -0.39 is 22.8 Å². The lowest BCUT2D eigenvalue weighted by atomic mass is 9.54. The minimum absolute atomic E-state index is 0.0845. The summed E-state index contributed by atoms with van der Waals surface area (Å²) in [6, 6.07) is 3.06. The monoisotopic (exact) mass is 378 g/mol. The molecule has 0 radical (unpaired) electrons. The second-order valence-corrected chi connectivity index (χ2v) is 7.52. The average molecular weight is 378 g/mol. The van der Waals surface area contributed by atoms with Gasteiger partial charge in [0.05, 0.1) is 19.3 Å². The molecule has 1 aliphatic heterocycles. The molecule has 1 amide bonds. The van der Waals surface area contributed by atoms with Crippen molar-refractivity contribution in [2.75, 3.05) is 19.8 Å². The van der Waals surface area contributed by atoms with Crippen molar-refractivity contribution in [1.82, 2.24) is 10.3 Å². The van der Waals surface area contributed by atoms with Crippen LogP contribution >= 0.6 is 0 Å². The molecular formula is C19H26N2O6. The molecule has 3 atom stereocenters. The summed E-state index contributed by atoms with van der Waals surface area (Å²) in [4.78, 5) is 28.9. The van der Waals surface area contributed by atoms with E-state index in [1.807, 2.05) is 6.92 Å². The largest absolute Gasteiger partial charge is 0.479 e. The third-order valence-corrected chi connectivity index (χ3v) is 5.63. The van der Waals surface area contributed by atoms with Crippen LogP contribution in [0.4, 0.5) is 0 Å². The maximum absolute atomic E-state index is 12.8. The Kier molecular flexibility index (Phi) is 5.39. The summed E-state index contributed by atoms with van der Waals surface area (Å²) in [7, 11) is 0. The van der Waals surface area contributed by atoms with Crippen LogP contribution in [-0.2, 0) is 14.3 Å². The molecule has 1 aromatic rings. The number of hydrogen-bond donors (Lipinski definition) is 2. The van der Waals surface area contributed by atoms with E-state index in [1.165, 1.54) is 18.3 Å². The van der Waals surface area contributed by atoms with Gasteiger partial charge < -0.3 is 24.6 Å². The van der Waals surface area contributed by atoms with Crippen molar-refractivity contribution in [3.63, 3.8) is 0 Å². The Morgan fingerprint density at radius 1 is 1.44 bits per heavy atom. The number of pyridine rings is 1. The smallest absolute Gasteiger partial charge is 0.330 e. The molecule has 2 aliphatic rings. The van der Waals surface area contributed by atoms with Crippen LogP contribution < -0.4 is 10.1 Å². The van der Waals surface area contributed by atoms with Crippen molar-refractivity contribution in [3.8, 4) is 5.88 Å². The van der Waals surface area contributed by atoms with Crippen molar-refractivity contribution >= 4 is 11.9 Å². The zero-order valence-corrected chi connectivity index (χ0v) is 15.9. The minimum Gasteiger partial charge on any atom is -0.479 e. The summed E-state index contributed by atoms with van der Waals surface area (Å²) in [5.74, 6) is -1.22. The van der Waals surface area contributed by atoms with Gasteiger partial charge in [0.25, 0.3) is 5.91 Å². The number of carbonyl (C=O) groups excluding carboxylic acids is 1. The molecule has 0 bridgehead atoms. The molecule has 3 rings (SSSR count). The number of ether oxygens (including phenoxy) is 3. The highest BCUT2D eigenvalue weighted by Gasteiger charge is 2.66. The molecule has 2 heterocycles. The first-order valence-electron chi connectivity index (χ1n) is 9.18. The summed E-state index contributed by atoms with van der Waals surface area (Å²) in [5, 5.41) is 12.5. The van der Waals surface area contributed by atoms with Gasteiger partial charge in [-0.3, -0.25) is 4.79 Å². The van der Waals surface area contributed by atoms with Gasteiger partial charge in [-0.25, -0.2) is 9.78 Å². The number of carbonyl (C=O) groups is 2. The molecular weight excluding hydrogens is 352 g/mol. The van der Waals surface area contributed by atoms with Gasteiger partial charge in [0, 0.05) is 42.7 Å². The zero-order chi connectivity index (χ0) is 19.7. The molecule has 2 N–H and O–H groups in total. The molecule has 0 aromatic carbocycles. The Balaban J connectivity index is 1.74. The Labute approximate surface area is 158 Å². The second kappa shape index (κ2) is 7.44. The third kappa shape index (κ3) is 3.51. The maximum atomic E-state index is 12.8. The summed E-state index contributed by atoms with van der Waals surface area (Å²) >= 11 is 0. The Morgan fingerprint density at radius 2 is 2.22 bits per heavy atom. The van der Waals surface area contributed by atoms with E-state index in [2.05, 4.69) is 10.3 Å². The van der Waals surface area contributed by atoms with Gasteiger partial charge >= 0.3 is 5.97 Å². The van der Waals surface area contributed by atoms with Crippen LogP contribution in [0.15, 0.2) is 18.3 Å². The molecule has 8 nitrogen and oxygen atoms in total. The van der Waals surface area contributed by atoms with E-state index >= 15 is 0 Å². The van der Waals surface area contributed by atoms with E-state index in [9.17, 15) is 14.7 Å².